The first kappa shape index (κ1) is 25.4. The molecule has 0 saturated heterocycles. The van der Waals surface area contributed by atoms with Crippen LogP contribution in [0.3, 0.4) is 0 Å². The van der Waals surface area contributed by atoms with Gasteiger partial charge in [-0.15, -0.1) is 0 Å². The Kier molecular flexibility index (Phi) is 9.58. The molecule has 0 bridgehead atoms. The Morgan fingerprint density at radius 3 is 1.23 bits per heavy atom. The van der Waals surface area contributed by atoms with Gasteiger partial charge in [0.1, 0.15) is 37.4 Å². The molecule has 0 N–H and O–H groups in total. The summed E-state index contributed by atoms with van der Waals surface area (Å²) >= 11 is 0. The molecule has 0 unspecified atom stereocenters. The van der Waals surface area contributed by atoms with Crippen LogP contribution in [0.4, 0.5) is 0 Å². The van der Waals surface area contributed by atoms with Crippen molar-refractivity contribution >= 4 is 0 Å². The zero-order valence-corrected chi connectivity index (χ0v) is 14.7. The van der Waals surface area contributed by atoms with Crippen molar-refractivity contribution in [2.24, 2.45) is 10.2 Å². The second-order valence-corrected chi connectivity index (χ2v) is 5.05. The molecule has 0 aliphatic heterocycles. The molecule has 0 aliphatic carbocycles. The minimum atomic E-state index is -3.19. The van der Waals surface area contributed by atoms with Crippen LogP contribution in [-0.4, -0.2) is 49.6 Å². The fourth-order valence-corrected chi connectivity index (χ4v) is 1.82. The third-order valence-electron chi connectivity index (χ3n) is 3.29. The van der Waals surface area contributed by atoms with E-state index in [-0.39, 0.29) is 0 Å². The molecule has 0 aromatic heterocycles. The van der Waals surface area contributed by atoms with Crippen LogP contribution in [0.2, 0.25) is 0 Å². The molecule has 0 fully saturated rings. The quantitative estimate of drug-likeness (QED) is 0.0626. The van der Waals surface area contributed by atoms with Gasteiger partial charge in [-0.3, -0.25) is 40.5 Å². The Labute approximate surface area is 162 Å². The number of rotatable bonds is 16. The van der Waals surface area contributed by atoms with E-state index in [0.29, 0.717) is 0 Å². The maximum Gasteiger partial charge on any atom is 0.545 e. The lowest BCUT2D eigenvalue weighted by molar-refractivity contribution is -0.981. The lowest BCUT2D eigenvalue weighted by Gasteiger charge is -2.10. The van der Waals surface area contributed by atoms with E-state index in [4.69, 9.17) is 11.1 Å². The molecule has 164 valence electrons. The maximum atomic E-state index is 11.3. The van der Waals surface area contributed by atoms with E-state index in [1.165, 1.54) is 0 Å². The van der Waals surface area contributed by atoms with Crippen LogP contribution < -0.4 is 0 Å². The van der Waals surface area contributed by atoms with Gasteiger partial charge in [0.05, 0.1) is 10.2 Å². The van der Waals surface area contributed by atoms with Gasteiger partial charge < -0.3 is 0 Å². The summed E-state index contributed by atoms with van der Waals surface area (Å²) in [5.74, 6) is -6.38. The molecular formula is C8H12N11O11+. The summed E-state index contributed by atoms with van der Waals surface area (Å²) < 4.78 is 0. The summed E-state index contributed by atoms with van der Waals surface area (Å²) in [6.45, 7) is -1.30. The van der Waals surface area contributed by atoms with Gasteiger partial charge in [-0.05, 0) is 11.1 Å². The van der Waals surface area contributed by atoms with E-state index >= 15 is 0 Å². The van der Waals surface area contributed by atoms with Crippen LogP contribution in [0.5, 0.6) is 0 Å². The minimum Gasteiger partial charge on any atom is -0.258 e. The first-order valence-corrected chi connectivity index (χ1v) is 7.43. The Hall–Kier alpha value is -4.58. The van der Waals surface area contributed by atoms with Crippen LogP contribution in [0.25, 0.3) is 20.9 Å². The van der Waals surface area contributed by atoms with Crippen LogP contribution in [0.15, 0.2) is 10.2 Å². The van der Waals surface area contributed by atoms with Crippen molar-refractivity contribution in [1.82, 2.24) is 0 Å². The molecule has 0 radical (unpaired) electrons. The van der Waals surface area contributed by atoms with Crippen LogP contribution in [-0.2, 0) is 9.68 Å². The van der Waals surface area contributed by atoms with Crippen LogP contribution in [0, 0.1) is 45.4 Å². The Morgan fingerprint density at radius 2 is 1.00 bits per heavy atom. The molecule has 22 nitrogen and oxygen atoms in total. The van der Waals surface area contributed by atoms with Crippen LogP contribution >= 0.6 is 0 Å². The fourth-order valence-electron chi connectivity index (χ4n) is 1.82. The summed E-state index contributed by atoms with van der Waals surface area (Å²) in [7, 11) is 0. The Bertz CT molecular complexity index is 698. The van der Waals surface area contributed by atoms with Crippen molar-refractivity contribution in [1.29, 1.82) is 0 Å². The summed E-state index contributed by atoms with van der Waals surface area (Å²) in [4.78, 5) is 61.7. The van der Waals surface area contributed by atoms with Crippen molar-refractivity contribution in [2.75, 3.05) is 13.2 Å². The third kappa shape index (κ3) is 6.24. The molecule has 0 spiro atoms. The zero-order chi connectivity index (χ0) is 23.4. The van der Waals surface area contributed by atoms with Crippen molar-refractivity contribution in [3.63, 3.8) is 0 Å². The summed E-state index contributed by atoms with van der Waals surface area (Å²) in [6.07, 6.45) is -2.84. The van der Waals surface area contributed by atoms with Crippen molar-refractivity contribution in [3.8, 4) is 0 Å². The molecule has 0 aromatic carbocycles. The number of azide groups is 2. The van der Waals surface area contributed by atoms with Gasteiger partial charge in [0.15, 0.2) is 13.2 Å². The minimum absolute atomic E-state index is 0.494. The van der Waals surface area contributed by atoms with Gasteiger partial charge in [-0.25, -0.2) is 0 Å². The van der Waals surface area contributed by atoms with Crippen molar-refractivity contribution in [3.05, 3.63) is 66.3 Å². The highest BCUT2D eigenvalue weighted by atomic mass is 17.0. The fraction of sp³-hybridized carbons (Fsp3) is 1.00. The van der Waals surface area contributed by atoms with Crippen molar-refractivity contribution in [2.45, 2.75) is 37.3 Å². The topological polar surface area (TPSA) is 309 Å². The van der Waals surface area contributed by atoms with E-state index in [0.717, 1.165) is 0 Å². The second kappa shape index (κ2) is 11.3. The monoisotopic (exact) mass is 438 g/mol. The molecule has 0 heterocycles. The number of hydrogen-bond acceptors (Lipinski definition) is 13. The summed E-state index contributed by atoms with van der Waals surface area (Å²) in [6, 6.07) is 0. The zero-order valence-electron chi connectivity index (χ0n) is 14.7. The molecule has 0 rings (SSSR count). The predicted molar refractivity (Wildman–Crippen MR) is 85.7 cm³/mol. The van der Waals surface area contributed by atoms with E-state index < -0.39 is 75.3 Å². The van der Waals surface area contributed by atoms with Crippen LogP contribution in [0.1, 0.15) is 25.7 Å². The molecule has 0 saturated carbocycles. The molecular weight excluding hydrogens is 426 g/mol. The normalized spacial score (nSPS) is 10.7. The standard InChI is InChI=1S/C8H12N11O11/c9-13-11-7(15(20)21,16(22)23)3-1-5-29-19(28)30-6-2-4-8(12-14-10,17(24)25)18(26)27/h1-6H2/q+1. The van der Waals surface area contributed by atoms with Gasteiger partial charge >= 0.3 is 16.7 Å². The van der Waals surface area contributed by atoms with E-state index in [1.807, 2.05) is 0 Å². The largest absolute Gasteiger partial charge is 0.545 e. The summed E-state index contributed by atoms with van der Waals surface area (Å²) in [5, 5.41) is 47.8. The highest BCUT2D eigenvalue weighted by Crippen LogP contribution is 2.21. The lowest BCUT2D eigenvalue weighted by atomic mass is 10.2. The SMILES string of the molecule is [N-]=[N+]=NC(CCCO[N+](=O)OCCCC(N=[N+]=[N-])([N+](=O)[O-])[N+](=O)[O-])([N+](=O)[O-])[N+](=O)[O-]. The molecule has 0 aliphatic rings. The Morgan fingerprint density at radius 1 is 0.700 bits per heavy atom. The highest BCUT2D eigenvalue weighted by molar-refractivity contribution is 4.66. The van der Waals surface area contributed by atoms with Gasteiger partial charge in [0.25, 0.3) is 0 Å². The maximum absolute atomic E-state index is 11.3. The highest BCUT2D eigenvalue weighted by Gasteiger charge is 2.56. The third-order valence-corrected chi connectivity index (χ3v) is 3.29. The average Bonchev–Trinajstić information content (AvgIpc) is 2.65. The number of hydrogen-bond donors (Lipinski definition) is 0. The first-order chi connectivity index (χ1) is 14.0. The lowest BCUT2D eigenvalue weighted by Crippen LogP contribution is -2.44. The predicted octanol–water partition coefficient (Wildman–Crippen LogP) is 1.22. The van der Waals surface area contributed by atoms with Gasteiger partial charge in [-0.1, -0.05) is 0 Å². The molecule has 0 amide bonds. The van der Waals surface area contributed by atoms with Crippen molar-refractivity contribution < 1.29 is 34.5 Å². The van der Waals surface area contributed by atoms with E-state index in [2.05, 4.69) is 29.7 Å². The molecule has 30 heavy (non-hydrogen) atoms. The van der Waals surface area contributed by atoms with E-state index in [1.54, 1.807) is 0 Å². The second-order valence-electron chi connectivity index (χ2n) is 5.05. The first-order valence-electron chi connectivity index (χ1n) is 7.43. The van der Waals surface area contributed by atoms with Gasteiger partial charge in [-0.2, -0.15) is 9.68 Å². The smallest absolute Gasteiger partial charge is 0.258 e. The Balaban J connectivity index is 4.58. The molecule has 22 heteroatoms. The number of nitro groups is 4. The average molecular weight is 438 g/mol. The molecule has 0 aromatic rings. The summed E-state index contributed by atoms with van der Waals surface area (Å²) in [5.41, 5.74) is 16.5. The molecule has 0 atom stereocenters. The van der Waals surface area contributed by atoms with E-state index in [9.17, 15) is 45.4 Å². The number of nitrogens with zero attached hydrogens (tertiary/aromatic N) is 11. The van der Waals surface area contributed by atoms with Gasteiger partial charge in [0, 0.05) is 22.7 Å². The van der Waals surface area contributed by atoms with Gasteiger partial charge in [0.2, 0.25) is 0 Å².